The molecule has 154 valence electrons. The molecule has 0 aliphatic heterocycles. The van der Waals surface area contributed by atoms with Crippen LogP contribution in [0.2, 0.25) is 5.02 Å². The van der Waals surface area contributed by atoms with Gasteiger partial charge in [0.05, 0.1) is 16.1 Å². The molecule has 3 nitrogen and oxygen atoms in total. The smallest absolute Gasteiger partial charge is 0.325 e. The molecule has 1 N–H and O–H groups in total. The van der Waals surface area contributed by atoms with Crippen LogP contribution in [-0.4, -0.2) is 5.91 Å². The van der Waals surface area contributed by atoms with Crippen molar-refractivity contribution < 1.29 is 18.0 Å². The van der Waals surface area contributed by atoms with Crippen molar-refractivity contribution in [3.8, 4) is 17.9 Å². The van der Waals surface area contributed by atoms with Gasteiger partial charge in [-0.3, -0.25) is 4.79 Å². The number of hydrogen-bond donors (Lipinski definition) is 1. The number of carbonyl (C=O) groups excluding carboxylic acids is 1. The summed E-state index contributed by atoms with van der Waals surface area (Å²) < 4.78 is 38.2. The van der Waals surface area contributed by atoms with Gasteiger partial charge in [-0.2, -0.15) is 18.4 Å². The fourth-order valence-electron chi connectivity index (χ4n) is 2.74. The van der Waals surface area contributed by atoms with E-state index < -0.39 is 23.6 Å². The molecule has 31 heavy (non-hydrogen) atoms. The first-order valence-electron chi connectivity index (χ1n) is 9.02. The number of nitriles is 1. The minimum absolute atomic E-state index is 0.201. The fraction of sp³-hybridized carbons (Fsp3) is 0.0833. The van der Waals surface area contributed by atoms with E-state index in [1.165, 1.54) is 24.3 Å². The molecule has 1 amide bonds. The zero-order valence-corrected chi connectivity index (χ0v) is 16.6. The maximum absolute atomic E-state index is 12.9. The summed E-state index contributed by atoms with van der Waals surface area (Å²) in [5.41, 5.74) is 0.878. The molecule has 0 spiro atoms. The molecule has 0 heterocycles. The van der Waals surface area contributed by atoms with Crippen molar-refractivity contribution in [3.05, 3.63) is 100 Å². The van der Waals surface area contributed by atoms with Crippen molar-refractivity contribution in [3.63, 3.8) is 0 Å². The number of rotatable bonds is 3. The van der Waals surface area contributed by atoms with Gasteiger partial charge < -0.3 is 5.32 Å². The second-order valence-corrected chi connectivity index (χ2v) is 6.89. The van der Waals surface area contributed by atoms with Crippen LogP contribution < -0.4 is 5.32 Å². The van der Waals surface area contributed by atoms with Gasteiger partial charge >= 0.3 is 6.18 Å². The van der Waals surface area contributed by atoms with Crippen molar-refractivity contribution >= 4 is 23.2 Å². The van der Waals surface area contributed by atoms with E-state index in [0.29, 0.717) is 16.8 Å². The number of amides is 1. The Morgan fingerprint density at radius 1 is 1.00 bits per heavy atom. The molecule has 3 aromatic carbocycles. The molecule has 1 atom stereocenters. The highest BCUT2D eigenvalue weighted by atomic mass is 35.5. The average Bonchev–Trinajstić information content (AvgIpc) is 2.74. The Hall–Kier alpha value is -3.74. The number of benzene rings is 3. The third-order valence-electron chi connectivity index (χ3n) is 4.33. The molecular weight excluding hydrogens is 425 g/mol. The molecule has 0 bridgehead atoms. The fourth-order valence-corrected chi connectivity index (χ4v) is 2.96. The van der Waals surface area contributed by atoms with Crippen LogP contribution in [0, 0.1) is 23.2 Å². The molecule has 1 unspecified atom stereocenters. The minimum Gasteiger partial charge on any atom is -0.325 e. The molecule has 0 saturated heterocycles. The standard InChI is InChI=1S/C24H14ClF3N2O/c25-22-14-20(12-9-18(22)15-29)30-23(31)21(17-4-2-1-3-5-17)13-8-16-6-10-19(11-7-16)24(26,27)28/h1-7,9-12,14,21H,(H,30,31). The van der Waals surface area contributed by atoms with Crippen LogP contribution in [-0.2, 0) is 11.0 Å². The first-order chi connectivity index (χ1) is 14.8. The van der Waals surface area contributed by atoms with Crippen LogP contribution in [0.4, 0.5) is 18.9 Å². The Balaban J connectivity index is 1.88. The Morgan fingerprint density at radius 3 is 2.26 bits per heavy atom. The summed E-state index contributed by atoms with van der Waals surface area (Å²) >= 11 is 6.01. The van der Waals surface area contributed by atoms with Crippen LogP contribution in [0.1, 0.15) is 28.2 Å². The van der Waals surface area contributed by atoms with E-state index >= 15 is 0 Å². The van der Waals surface area contributed by atoms with Crippen molar-refractivity contribution in [1.29, 1.82) is 5.26 Å². The Bertz CT molecular complexity index is 1190. The monoisotopic (exact) mass is 438 g/mol. The summed E-state index contributed by atoms with van der Waals surface area (Å²) in [5, 5.41) is 11.9. The highest BCUT2D eigenvalue weighted by Gasteiger charge is 2.29. The van der Waals surface area contributed by atoms with Crippen molar-refractivity contribution in [2.45, 2.75) is 12.1 Å². The van der Waals surface area contributed by atoms with E-state index in [1.54, 1.807) is 36.4 Å². The quantitative estimate of drug-likeness (QED) is 0.509. The van der Waals surface area contributed by atoms with Gasteiger partial charge in [0.2, 0.25) is 5.91 Å². The largest absolute Gasteiger partial charge is 0.416 e. The normalized spacial score (nSPS) is 11.6. The average molecular weight is 439 g/mol. The molecule has 0 aromatic heterocycles. The summed E-state index contributed by atoms with van der Waals surface area (Å²) in [6, 6.07) is 19.6. The second-order valence-electron chi connectivity index (χ2n) is 6.48. The third kappa shape index (κ3) is 5.66. The number of nitrogens with one attached hydrogen (secondary N) is 1. The van der Waals surface area contributed by atoms with Crippen LogP contribution >= 0.6 is 11.6 Å². The molecule has 0 saturated carbocycles. The molecule has 3 rings (SSSR count). The minimum atomic E-state index is -4.43. The first kappa shape index (κ1) is 22.0. The lowest BCUT2D eigenvalue weighted by molar-refractivity contribution is -0.137. The second kappa shape index (κ2) is 9.38. The lowest BCUT2D eigenvalue weighted by Crippen LogP contribution is -2.20. The molecule has 0 aliphatic carbocycles. The van der Waals surface area contributed by atoms with Gasteiger partial charge in [0.25, 0.3) is 0 Å². The van der Waals surface area contributed by atoms with Crippen LogP contribution in [0.3, 0.4) is 0 Å². The molecule has 7 heteroatoms. The van der Waals surface area contributed by atoms with E-state index in [9.17, 15) is 18.0 Å². The summed E-state index contributed by atoms with van der Waals surface area (Å²) in [6.07, 6.45) is -4.43. The maximum Gasteiger partial charge on any atom is 0.416 e. The van der Waals surface area contributed by atoms with E-state index in [4.69, 9.17) is 16.9 Å². The third-order valence-corrected chi connectivity index (χ3v) is 4.64. The van der Waals surface area contributed by atoms with Crippen molar-refractivity contribution in [2.75, 3.05) is 5.32 Å². The van der Waals surface area contributed by atoms with Gasteiger partial charge in [0, 0.05) is 11.3 Å². The highest BCUT2D eigenvalue weighted by Crippen LogP contribution is 2.29. The van der Waals surface area contributed by atoms with Gasteiger partial charge in [-0.05, 0) is 48.0 Å². The number of hydrogen-bond acceptors (Lipinski definition) is 2. The molecule has 0 radical (unpaired) electrons. The van der Waals surface area contributed by atoms with Gasteiger partial charge in [-0.15, -0.1) is 0 Å². The number of anilines is 1. The Labute approximate surface area is 182 Å². The SMILES string of the molecule is N#Cc1ccc(NC(=O)C(C#Cc2ccc(C(F)(F)F)cc2)c2ccccc2)cc1Cl. The number of nitrogens with zero attached hydrogens (tertiary/aromatic N) is 1. The summed E-state index contributed by atoms with van der Waals surface area (Å²) in [6.45, 7) is 0. The van der Waals surface area contributed by atoms with Gasteiger partial charge in [-0.25, -0.2) is 0 Å². The zero-order valence-electron chi connectivity index (χ0n) is 15.9. The molecule has 0 fully saturated rings. The Morgan fingerprint density at radius 2 is 1.68 bits per heavy atom. The maximum atomic E-state index is 12.9. The van der Waals surface area contributed by atoms with Gasteiger partial charge in [0.1, 0.15) is 12.0 Å². The number of alkyl halides is 3. The van der Waals surface area contributed by atoms with Gasteiger partial charge in [-0.1, -0.05) is 53.8 Å². The van der Waals surface area contributed by atoms with E-state index in [0.717, 1.165) is 12.1 Å². The van der Waals surface area contributed by atoms with Crippen LogP contribution in [0.25, 0.3) is 0 Å². The summed E-state index contributed by atoms with van der Waals surface area (Å²) in [4.78, 5) is 12.9. The van der Waals surface area contributed by atoms with Crippen molar-refractivity contribution in [1.82, 2.24) is 0 Å². The predicted octanol–water partition coefficient (Wildman–Crippen LogP) is 6.00. The van der Waals surface area contributed by atoms with E-state index in [2.05, 4.69) is 17.2 Å². The number of halogens is 4. The van der Waals surface area contributed by atoms with Crippen molar-refractivity contribution in [2.24, 2.45) is 0 Å². The number of carbonyl (C=O) groups is 1. The van der Waals surface area contributed by atoms with Crippen LogP contribution in [0.15, 0.2) is 72.8 Å². The van der Waals surface area contributed by atoms with E-state index in [1.807, 2.05) is 6.07 Å². The lowest BCUT2D eigenvalue weighted by Gasteiger charge is -2.12. The lowest BCUT2D eigenvalue weighted by atomic mass is 9.98. The summed E-state index contributed by atoms with van der Waals surface area (Å²) in [5.74, 6) is 4.29. The predicted molar refractivity (Wildman–Crippen MR) is 112 cm³/mol. The topological polar surface area (TPSA) is 52.9 Å². The molecule has 0 aliphatic rings. The highest BCUT2D eigenvalue weighted by molar-refractivity contribution is 6.32. The first-order valence-corrected chi connectivity index (χ1v) is 9.40. The van der Waals surface area contributed by atoms with E-state index in [-0.39, 0.29) is 10.6 Å². The summed E-state index contributed by atoms with van der Waals surface area (Å²) in [7, 11) is 0. The zero-order chi connectivity index (χ0) is 22.4. The Kier molecular flexibility index (Phi) is 6.65. The van der Waals surface area contributed by atoms with Crippen LogP contribution in [0.5, 0.6) is 0 Å². The molecular formula is C24H14ClF3N2O. The van der Waals surface area contributed by atoms with Gasteiger partial charge in [0.15, 0.2) is 0 Å². The molecule has 3 aromatic rings.